The molecule has 1 atom stereocenters. The normalized spacial score (nSPS) is 19.9. The largest absolute Gasteiger partial charge is 0.373 e. The fourth-order valence-electron chi connectivity index (χ4n) is 2.74. The van der Waals surface area contributed by atoms with Gasteiger partial charge in [-0.1, -0.05) is 6.92 Å². The van der Waals surface area contributed by atoms with Crippen molar-refractivity contribution in [3.8, 4) is 0 Å². The van der Waals surface area contributed by atoms with E-state index >= 15 is 0 Å². The molecule has 2 rings (SSSR count). The van der Waals surface area contributed by atoms with E-state index in [1.807, 2.05) is 13.1 Å². The van der Waals surface area contributed by atoms with Crippen molar-refractivity contribution in [3.05, 3.63) is 11.9 Å². The van der Waals surface area contributed by atoms with Gasteiger partial charge in [0, 0.05) is 32.6 Å². The average molecular weight is 277 g/mol. The van der Waals surface area contributed by atoms with Gasteiger partial charge in [0.15, 0.2) is 0 Å². The zero-order valence-corrected chi connectivity index (χ0v) is 12.9. The lowest BCUT2D eigenvalue weighted by Gasteiger charge is -2.29. The van der Waals surface area contributed by atoms with Crippen LogP contribution in [0.1, 0.15) is 32.0 Å². The molecule has 2 heterocycles. The fraction of sp³-hybridized carbons (Fsp3) is 0.733. The van der Waals surface area contributed by atoms with Crippen molar-refractivity contribution >= 4 is 11.6 Å². The Balaban J connectivity index is 1.95. The van der Waals surface area contributed by atoms with Gasteiger partial charge in [0.25, 0.3) is 0 Å². The molecule has 1 unspecified atom stereocenters. The summed E-state index contributed by atoms with van der Waals surface area (Å²) in [6.45, 7) is 5.56. The van der Waals surface area contributed by atoms with E-state index in [1.165, 1.54) is 25.9 Å². The van der Waals surface area contributed by atoms with Gasteiger partial charge in [0.2, 0.25) is 0 Å². The summed E-state index contributed by atoms with van der Waals surface area (Å²) in [4.78, 5) is 11.5. The molecule has 0 aliphatic carbocycles. The summed E-state index contributed by atoms with van der Waals surface area (Å²) in [5, 5.41) is 6.60. The van der Waals surface area contributed by atoms with Crippen LogP contribution in [-0.2, 0) is 6.42 Å². The molecule has 1 aliphatic heterocycles. The first-order chi connectivity index (χ1) is 9.71. The number of likely N-dealkylation sites (tertiary alicyclic amines) is 1. The van der Waals surface area contributed by atoms with Crippen molar-refractivity contribution < 1.29 is 0 Å². The second kappa shape index (κ2) is 7.43. The lowest BCUT2D eigenvalue weighted by atomic mass is 9.98. The molecule has 1 aromatic rings. The highest BCUT2D eigenvalue weighted by molar-refractivity contribution is 5.47. The molecule has 1 aliphatic rings. The standard InChI is InChI=1S/C15H27N5/c1-4-6-13-18-14(16-2)9-15(19-13)17-10-12-7-5-8-20(3)11-12/h9,12H,4-8,10-11H2,1-3H3,(H2,16,17,18,19). The first-order valence-electron chi connectivity index (χ1n) is 7.69. The summed E-state index contributed by atoms with van der Waals surface area (Å²) in [5.74, 6) is 3.48. The molecule has 5 nitrogen and oxygen atoms in total. The van der Waals surface area contributed by atoms with Crippen molar-refractivity contribution in [1.29, 1.82) is 0 Å². The molecule has 112 valence electrons. The predicted octanol–water partition coefficient (Wildman–Crippen LogP) is 2.22. The number of hydrogen-bond acceptors (Lipinski definition) is 5. The van der Waals surface area contributed by atoms with Crippen LogP contribution < -0.4 is 10.6 Å². The van der Waals surface area contributed by atoms with E-state index in [2.05, 4.69) is 39.5 Å². The summed E-state index contributed by atoms with van der Waals surface area (Å²) in [7, 11) is 4.10. The predicted molar refractivity (Wildman–Crippen MR) is 84.3 cm³/mol. The molecular formula is C15H27N5. The van der Waals surface area contributed by atoms with E-state index < -0.39 is 0 Å². The lowest BCUT2D eigenvalue weighted by Crippen LogP contribution is -2.35. The Hall–Kier alpha value is -1.36. The Labute approximate surface area is 122 Å². The molecule has 1 aromatic heterocycles. The van der Waals surface area contributed by atoms with E-state index in [0.717, 1.165) is 42.8 Å². The number of rotatable bonds is 6. The van der Waals surface area contributed by atoms with Crippen LogP contribution in [0.4, 0.5) is 11.6 Å². The summed E-state index contributed by atoms with van der Waals surface area (Å²) < 4.78 is 0. The van der Waals surface area contributed by atoms with Gasteiger partial charge in [-0.3, -0.25) is 0 Å². The first-order valence-corrected chi connectivity index (χ1v) is 7.69. The number of anilines is 2. The van der Waals surface area contributed by atoms with Gasteiger partial charge in [0.1, 0.15) is 17.5 Å². The molecule has 0 bridgehead atoms. The minimum atomic E-state index is 0.719. The highest BCUT2D eigenvalue weighted by Crippen LogP contribution is 2.17. The SMILES string of the molecule is CCCc1nc(NC)cc(NCC2CCCN(C)C2)n1. The Morgan fingerprint density at radius 1 is 1.35 bits per heavy atom. The molecule has 1 saturated heterocycles. The topological polar surface area (TPSA) is 53.1 Å². The van der Waals surface area contributed by atoms with E-state index in [0.29, 0.717) is 0 Å². The average Bonchev–Trinajstić information content (AvgIpc) is 2.45. The quantitative estimate of drug-likeness (QED) is 0.835. The molecule has 0 saturated carbocycles. The number of nitrogens with one attached hydrogen (secondary N) is 2. The summed E-state index contributed by atoms with van der Waals surface area (Å²) in [5.41, 5.74) is 0. The van der Waals surface area contributed by atoms with Gasteiger partial charge in [-0.05, 0) is 38.8 Å². The lowest BCUT2D eigenvalue weighted by molar-refractivity contribution is 0.217. The van der Waals surface area contributed by atoms with Gasteiger partial charge in [-0.15, -0.1) is 0 Å². The minimum absolute atomic E-state index is 0.719. The second-order valence-electron chi connectivity index (χ2n) is 5.71. The zero-order valence-electron chi connectivity index (χ0n) is 12.9. The van der Waals surface area contributed by atoms with Gasteiger partial charge in [0.05, 0.1) is 0 Å². The summed E-state index contributed by atoms with van der Waals surface area (Å²) in [6, 6.07) is 1.99. The molecule has 5 heteroatoms. The Morgan fingerprint density at radius 3 is 2.85 bits per heavy atom. The minimum Gasteiger partial charge on any atom is -0.373 e. The Morgan fingerprint density at radius 2 is 2.15 bits per heavy atom. The van der Waals surface area contributed by atoms with Crippen LogP contribution in [0.25, 0.3) is 0 Å². The van der Waals surface area contributed by atoms with Crippen molar-refractivity contribution in [1.82, 2.24) is 14.9 Å². The zero-order chi connectivity index (χ0) is 14.4. The molecule has 0 radical (unpaired) electrons. The van der Waals surface area contributed by atoms with Gasteiger partial charge >= 0.3 is 0 Å². The van der Waals surface area contributed by atoms with Crippen molar-refractivity contribution in [2.24, 2.45) is 5.92 Å². The number of aryl methyl sites for hydroxylation is 1. The third-order valence-corrected chi connectivity index (χ3v) is 3.80. The molecule has 2 N–H and O–H groups in total. The van der Waals surface area contributed by atoms with E-state index in [9.17, 15) is 0 Å². The number of hydrogen-bond donors (Lipinski definition) is 2. The smallest absolute Gasteiger partial charge is 0.133 e. The number of nitrogens with zero attached hydrogens (tertiary/aromatic N) is 3. The van der Waals surface area contributed by atoms with Crippen molar-refractivity contribution in [2.45, 2.75) is 32.6 Å². The van der Waals surface area contributed by atoms with Crippen molar-refractivity contribution in [3.63, 3.8) is 0 Å². The van der Waals surface area contributed by atoms with Crippen LogP contribution in [0.2, 0.25) is 0 Å². The van der Waals surface area contributed by atoms with Crippen molar-refractivity contribution in [2.75, 3.05) is 44.4 Å². The van der Waals surface area contributed by atoms with Crippen LogP contribution in [-0.4, -0.2) is 48.6 Å². The Kier molecular flexibility index (Phi) is 5.59. The monoisotopic (exact) mass is 277 g/mol. The summed E-state index contributed by atoms with van der Waals surface area (Å²) in [6.07, 6.45) is 4.61. The van der Waals surface area contributed by atoms with Crippen LogP contribution >= 0.6 is 0 Å². The Bertz CT molecular complexity index is 421. The third kappa shape index (κ3) is 4.34. The van der Waals surface area contributed by atoms with Gasteiger partial charge in [-0.25, -0.2) is 9.97 Å². The maximum absolute atomic E-state index is 4.60. The number of piperidine rings is 1. The van der Waals surface area contributed by atoms with Crippen LogP contribution in [0.15, 0.2) is 6.07 Å². The molecule has 0 amide bonds. The number of aromatic nitrogens is 2. The van der Waals surface area contributed by atoms with Crippen LogP contribution in [0.5, 0.6) is 0 Å². The maximum atomic E-state index is 4.60. The van der Waals surface area contributed by atoms with Crippen LogP contribution in [0, 0.1) is 5.92 Å². The molecular weight excluding hydrogens is 250 g/mol. The van der Waals surface area contributed by atoms with E-state index in [1.54, 1.807) is 0 Å². The summed E-state index contributed by atoms with van der Waals surface area (Å²) >= 11 is 0. The first kappa shape index (κ1) is 15.0. The molecule has 0 aromatic carbocycles. The molecule has 0 spiro atoms. The van der Waals surface area contributed by atoms with Crippen LogP contribution in [0.3, 0.4) is 0 Å². The molecule has 1 fully saturated rings. The van der Waals surface area contributed by atoms with Gasteiger partial charge in [-0.2, -0.15) is 0 Å². The maximum Gasteiger partial charge on any atom is 0.133 e. The third-order valence-electron chi connectivity index (χ3n) is 3.80. The second-order valence-corrected chi connectivity index (χ2v) is 5.71. The van der Waals surface area contributed by atoms with Gasteiger partial charge < -0.3 is 15.5 Å². The van der Waals surface area contributed by atoms with E-state index in [-0.39, 0.29) is 0 Å². The van der Waals surface area contributed by atoms with E-state index in [4.69, 9.17) is 0 Å². The fourth-order valence-corrected chi connectivity index (χ4v) is 2.74. The highest BCUT2D eigenvalue weighted by atomic mass is 15.1. The highest BCUT2D eigenvalue weighted by Gasteiger charge is 2.17. The molecule has 20 heavy (non-hydrogen) atoms.